The van der Waals surface area contributed by atoms with Gasteiger partial charge in [-0.1, -0.05) is 11.6 Å². The van der Waals surface area contributed by atoms with E-state index in [2.05, 4.69) is 0 Å². The van der Waals surface area contributed by atoms with E-state index in [4.69, 9.17) is 21.1 Å². The number of rotatable bonds is 8. The number of methoxy groups -OCH3 is 2. The first kappa shape index (κ1) is 21.3. The minimum Gasteiger partial charge on any atom is -0.493 e. The molecule has 12 heteroatoms. The molecule has 0 unspecified atom stereocenters. The minimum atomic E-state index is -4.46. The van der Waals surface area contributed by atoms with Gasteiger partial charge in [-0.05, 0) is 18.2 Å². The Kier molecular flexibility index (Phi) is 6.31. The molecular weight excluding hydrogens is 416 g/mol. The van der Waals surface area contributed by atoms with Gasteiger partial charge in [-0.25, -0.2) is 8.42 Å². The number of carboxylic acids is 1. The SMILES string of the molecule is COc1ccc(S(=O)(=O)N(CC(=O)O)c2cc([N+](=O)[O-])ccc2Cl)cc1OC. The quantitative estimate of drug-likeness (QED) is 0.498. The molecule has 0 atom stereocenters. The smallest absolute Gasteiger partial charge is 0.324 e. The summed E-state index contributed by atoms with van der Waals surface area (Å²) in [4.78, 5) is 21.3. The highest BCUT2D eigenvalue weighted by Gasteiger charge is 2.30. The molecule has 0 spiro atoms. The second kappa shape index (κ2) is 8.31. The highest BCUT2D eigenvalue weighted by Crippen LogP contribution is 2.36. The maximum Gasteiger partial charge on any atom is 0.324 e. The summed E-state index contributed by atoms with van der Waals surface area (Å²) in [7, 11) is -1.79. The number of aliphatic carboxylic acids is 1. The summed E-state index contributed by atoms with van der Waals surface area (Å²) in [5, 5.41) is 20.0. The van der Waals surface area contributed by atoms with E-state index in [-0.39, 0.29) is 27.1 Å². The van der Waals surface area contributed by atoms with Gasteiger partial charge in [0, 0.05) is 18.2 Å². The summed E-state index contributed by atoms with van der Waals surface area (Å²) in [5.41, 5.74) is -0.787. The van der Waals surface area contributed by atoms with Gasteiger partial charge < -0.3 is 14.6 Å². The molecule has 2 aromatic carbocycles. The molecule has 2 aromatic rings. The Labute approximate surface area is 165 Å². The number of halogens is 1. The molecule has 0 bridgehead atoms. The van der Waals surface area contributed by atoms with Crippen LogP contribution in [0.4, 0.5) is 11.4 Å². The van der Waals surface area contributed by atoms with Gasteiger partial charge >= 0.3 is 5.97 Å². The number of hydrogen-bond donors (Lipinski definition) is 1. The van der Waals surface area contributed by atoms with Gasteiger partial charge in [0.05, 0.1) is 34.7 Å². The number of hydrogen-bond acceptors (Lipinski definition) is 7. The van der Waals surface area contributed by atoms with Crippen molar-refractivity contribution < 1.29 is 32.7 Å². The van der Waals surface area contributed by atoms with Crippen molar-refractivity contribution in [3.8, 4) is 11.5 Å². The Morgan fingerprint density at radius 2 is 1.82 bits per heavy atom. The molecule has 1 N–H and O–H groups in total. The predicted octanol–water partition coefficient (Wildman–Crippen LogP) is 2.55. The fraction of sp³-hybridized carbons (Fsp3) is 0.188. The zero-order chi connectivity index (χ0) is 21.1. The summed E-state index contributed by atoms with van der Waals surface area (Å²) in [6.07, 6.45) is 0. The summed E-state index contributed by atoms with van der Waals surface area (Å²) < 4.78 is 36.8. The Morgan fingerprint density at radius 3 is 2.36 bits per heavy atom. The van der Waals surface area contributed by atoms with Crippen LogP contribution in [0.25, 0.3) is 0 Å². The number of nitro benzene ring substituents is 1. The third-order valence-corrected chi connectivity index (χ3v) is 5.71. The number of nitrogens with zero attached hydrogens (tertiary/aromatic N) is 2. The Morgan fingerprint density at radius 1 is 1.18 bits per heavy atom. The minimum absolute atomic E-state index is 0.101. The van der Waals surface area contributed by atoms with Crippen LogP contribution < -0.4 is 13.8 Å². The molecule has 0 aliphatic carbocycles. The second-order valence-corrected chi connectivity index (χ2v) is 7.58. The Bertz CT molecular complexity index is 1030. The lowest BCUT2D eigenvalue weighted by molar-refractivity contribution is -0.384. The second-order valence-electron chi connectivity index (χ2n) is 5.32. The van der Waals surface area contributed by atoms with Crippen LogP contribution in [-0.2, 0) is 14.8 Å². The molecule has 0 saturated heterocycles. The number of ether oxygens (including phenoxy) is 2. The van der Waals surface area contributed by atoms with Gasteiger partial charge in [-0.15, -0.1) is 0 Å². The molecule has 2 rings (SSSR count). The van der Waals surface area contributed by atoms with Gasteiger partial charge in [0.15, 0.2) is 11.5 Å². The van der Waals surface area contributed by atoms with E-state index in [0.717, 1.165) is 24.3 Å². The average molecular weight is 431 g/mol. The maximum absolute atomic E-state index is 13.1. The number of benzene rings is 2. The van der Waals surface area contributed by atoms with Crippen LogP contribution in [-0.4, -0.2) is 45.2 Å². The molecular formula is C16H15ClN2O8S. The molecule has 28 heavy (non-hydrogen) atoms. The van der Waals surface area contributed by atoms with Crippen LogP contribution >= 0.6 is 11.6 Å². The van der Waals surface area contributed by atoms with Crippen molar-refractivity contribution in [3.05, 3.63) is 51.5 Å². The molecule has 0 aromatic heterocycles. The fourth-order valence-electron chi connectivity index (χ4n) is 2.33. The fourth-order valence-corrected chi connectivity index (χ4v) is 4.04. The monoisotopic (exact) mass is 430 g/mol. The van der Waals surface area contributed by atoms with Crippen molar-refractivity contribution >= 4 is 39.0 Å². The Balaban J connectivity index is 2.67. The summed E-state index contributed by atoms with van der Waals surface area (Å²) in [5.74, 6) is -1.12. The molecule has 0 saturated carbocycles. The van der Waals surface area contributed by atoms with Crippen LogP contribution in [0.2, 0.25) is 5.02 Å². The molecule has 0 aliphatic rings. The third-order valence-electron chi connectivity index (χ3n) is 3.63. The molecule has 0 fully saturated rings. The number of carboxylic acid groups (broad SMARTS) is 1. The zero-order valence-corrected chi connectivity index (χ0v) is 16.2. The van der Waals surface area contributed by atoms with Crippen LogP contribution in [0.1, 0.15) is 0 Å². The predicted molar refractivity (Wildman–Crippen MR) is 99.8 cm³/mol. The first-order valence-corrected chi connectivity index (χ1v) is 9.34. The van der Waals surface area contributed by atoms with E-state index >= 15 is 0 Å². The van der Waals surface area contributed by atoms with E-state index in [1.165, 1.54) is 26.4 Å². The lowest BCUT2D eigenvalue weighted by Gasteiger charge is -2.24. The van der Waals surface area contributed by atoms with Gasteiger partial charge in [0.1, 0.15) is 6.54 Å². The van der Waals surface area contributed by atoms with E-state index < -0.39 is 33.1 Å². The summed E-state index contributed by atoms with van der Waals surface area (Å²) >= 11 is 6.01. The summed E-state index contributed by atoms with van der Waals surface area (Å²) in [6.45, 7) is -1.00. The van der Waals surface area contributed by atoms with Gasteiger partial charge in [-0.3, -0.25) is 19.2 Å². The maximum atomic E-state index is 13.1. The number of non-ortho nitro benzene ring substituents is 1. The van der Waals surface area contributed by atoms with Gasteiger partial charge in [0.25, 0.3) is 15.7 Å². The number of carbonyl (C=O) groups is 1. The van der Waals surface area contributed by atoms with Crippen LogP contribution in [0, 0.1) is 10.1 Å². The van der Waals surface area contributed by atoms with Gasteiger partial charge in [0.2, 0.25) is 0 Å². The first-order valence-electron chi connectivity index (χ1n) is 7.52. The topological polar surface area (TPSA) is 136 Å². The Hall–Kier alpha value is -3.05. The van der Waals surface area contributed by atoms with Crippen LogP contribution in [0.5, 0.6) is 11.5 Å². The van der Waals surface area contributed by atoms with E-state index in [1.807, 2.05) is 0 Å². The highest BCUT2D eigenvalue weighted by atomic mass is 35.5. The molecule has 0 amide bonds. The number of nitro groups is 1. The summed E-state index contributed by atoms with van der Waals surface area (Å²) in [6, 6.07) is 6.76. The molecule has 0 radical (unpaired) electrons. The van der Waals surface area contributed by atoms with Crippen molar-refractivity contribution in [2.45, 2.75) is 4.90 Å². The van der Waals surface area contributed by atoms with Crippen LogP contribution in [0.15, 0.2) is 41.3 Å². The zero-order valence-electron chi connectivity index (χ0n) is 14.7. The number of sulfonamides is 1. The molecule has 150 valence electrons. The van der Waals surface area contributed by atoms with Gasteiger partial charge in [-0.2, -0.15) is 0 Å². The van der Waals surface area contributed by atoms with Crippen molar-refractivity contribution in [3.63, 3.8) is 0 Å². The lowest BCUT2D eigenvalue weighted by atomic mass is 10.3. The van der Waals surface area contributed by atoms with Crippen molar-refractivity contribution in [1.82, 2.24) is 0 Å². The van der Waals surface area contributed by atoms with Crippen molar-refractivity contribution in [1.29, 1.82) is 0 Å². The first-order chi connectivity index (χ1) is 13.1. The molecule has 0 heterocycles. The van der Waals surface area contributed by atoms with Crippen molar-refractivity contribution in [2.75, 3.05) is 25.1 Å². The van der Waals surface area contributed by atoms with E-state index in [0.29, 0.717) is 4.31 Å². The highest BCUT2D eigenvalue weighted by molar-refractivity contribution is 7.92. The normalized spacial score (nSPS) is 11.0. The van der Waals surface area contributed by atoms with E-state index in [9.17, 15) is 28.4 Å². The van der Waals surface area contributed by atoms with E-state index in [1.54, 1.807) is 0 Å². The van der Waals surface area contributed by atoms with Crippen molar-refractivity contribution in [2.24, 2.45) is 0 Å². The molecule has 0 aliphatic heterocycles. The number of anilines is 1. The third kappa shape index (κ3) is 4.26. The largest absolute Gasteiger partial charge is 0.493 e. The standard InChI is InChI=1S/C16H15ClN2O8S/c1-26-14-6-4-11(8-15(14)27-2)28(24,25)18(9-16(20)21)13-7-10(19(22)23)3-5-12(13)17/h3-8H,9H2,1-2H3,(H,20,21). The average Bonchev–Trinajstić information content (AvgIpc) is 2.65. The van der Waals surface area contributed by atoms with Crippen LogP contribution in [0.3, 0.4) is 0 Å². The molecule has 10 nitrogen and oxygen atoms in total. The lowest BCUT2D eigenvalue weighted by Crippen LogP contribution is -2.36.